The highest BCUT2D eigenvalue weighted by atomic mass is 32.2. The summed E-state index contributed by atoms with van der Waals surface area (Å²) in [5, 5.41) is 12.3. The van der Waals surface area contributed by atoms with Crippen LogP contribution in [0.1, 0.15) is 31.2 Å². The predicted octanol–water partition coefficient (Wildman–Crippen LogP) is 2.05. The van der Waals surface area contributed by atoms with Gasteiger partial charge in [0, 0.05) is 11.3 Å². The fourth-order valence-corrected chi connectivity index (χ4v) is 3.74. The third-order valence-electron chi connectivity index (χ3n) is 4.26. The number of carbonyl (C=O) groups excluding carboxylic acids is 1. The summed E-state index contributed by atoms with van der Waals surface area (Å²) in [5.74, 6) is 0.128. The van der Waals surface area contributed by atoms with Crippen LogP contribution in [0.5, 0.6) is 5.75 Å². The quantitative estimate of drug-likeness (QED) is 0.752. The molecule has 1 aliphatic carbocycles. The molecular formula is C16H24N2O2S. The highest BCUT2D eigenvalue weighted by molar-refractivity contribution is 8.00. The zero-order chi connectivity index (χ0) is 15.3. The lowest BCUT2D eigenvalue weighted by atomic mass is 10.0. The van der Waals surface area contributed by atoms with Gasteiger partial charge in [-0.3, -0.25) is 4.79 Å². The molecule has 0 radical (unpaired) electrons. The Morgan fingerprint density at radius 1 is 1.38 bits per heavy atom. The minimum atomic E-state index is -0.546. The molecule has 116 valence electrons. The Labute approximate surface area is 130 Å². The second-order valence-electron chi connectivity index (χ2n) is 5.79. The number of amides is 1. The zero-order valence-electron chi connectivity index (χ0n) is 12.5. The van der Waals surface area contributed by atoms with E-state index < -0.39 is 6.04 Å². The Morgan fingerprint density at radius 2 is 2.00 bits per heavy atom. The first-order valence-corrected chi connectivity index (χ1v) is 8.63. The van der Waals surface area contributed by atoms with Gasteiger partial charge in [0.05, 0.1) is 6.04 Å². The van der Waals surface area contributed by atoms with Crippen LogP contribution in [0, 0.1) is 0 Å². The molecule has 0 saturated heterocycles. The van der Waals surface area contributed by atoms with Gasteiger partial charge < -0.3 is 16.2 Å². The zero-order valence-corrected chi connectivity index (χ0v) is 13.3. The van der Waals surface area contributed by atoms with Crippen molar-refractivity contribution in [2.75, 3.05) is 12.8 Å². The van der Waals surface area contributed by atoms with Crippen molar-refractivity contribution < 1.29 is 9.90 Å². The van der Waals surface area contributed by atoms with Gasteiger partial charge in [-0.2, -0.15) is 11.8 Å². The minimum Gasteiger partial charge on any atom is -0.508 e. The number of phenolic OH excluding ortho intramolecular Hbond substituents is 1. The Morgan fingerprint density at radius 3 is 2.57 bits per heavy atom. The molecule has 0 bridgehead atoms. The molecule has 0 heterocycles. The van der Waals surface area contributed by atoms with Crippen molar-refractivity contribution in [1.29, 1.82) is 0 Å². The van der Waals surface area contributed by atoms with Crippen molar-refractivity contribution in [2.45, 2.75) is 42.9 Å². The van der Waals surface area contributed by atoms with Crippen molar-refractivity contribution in [3.8, 4) is 5.75 Å². The summed E-state index contributed by atoms with van der Waals surface area (Å²) in [7, 11) is 0. The molecule has 4 nitrogen and oxygen atoms in total. The second kappa shape index (κ2) is 7.18. The van der Waals surface area contributed by atoms with E-state index in [1.165, 1.54) is 25.7 Å². The fourth-order valence-electron chi connectivity index (χ4n) is 2.83. The van der Waals surface area contributed by atoms with Crippen LogP contribution in [0.4, 0.5) is 0 Å². The number of aromatic hydroxyl groups is 1. The van der Waals surface area contributed by atoms with Crippen LogP contribution in [-0.4, -0.2) is 34.6 Å². The SMILES string of the molecule is CSC1(CNC(=O)[C@@H](N)Cc2ccc(O)cc2)CCCC1. The van der Waals surface area contributed by atoms with E-state index in [1.54, 1.807) is 24.3 Å². The molecule has 1 atom stereocenters. The maximum atomic E-state index is 12.1. The Bertz CT molecular complexity index is 470. The van der Waals surface area contributed by atoms with E-state index in [-0.39, 0.29) is 16.4 Å². The summed E-state index contributed by atoms with van der Waals surface area (Å²) in [6.45, 7) is 0.705. The summed E-state index contributed by atoms with van der Waals surface area (Å²) in [6.07, 6.45) is 7.43. The van der Waals surface area contributed by atoms with E-state index in [4.69, 9.17) is 5.73 Å². The molecule has 0 unspecified atom stereocenters. The smallest absolute Gasteiger partial charge is 0.237 e. The second-order valence-corrected chi connectivity index (χ2v) is 7.06. The van der Waals surface area contributed by atoms with Crippen LogP contribution in [0.25, 0.3) is 0 Å². The molecule has 21 heavy (non-hydrogen) atoms. The molecule has 4 N–H and O–H groups in total. The van der Waals surface area contributed by atoms with Gasteiger partial charge in [0.2, 0.25) is 5.91 Å². The van der Waals surface area contributed by atoms with Crippen LogP contribution >= 0.6 is 11.8 Å². The predicted molar refractivity (Wildman–Crippen MR) is 87.5 cm³/mol. The summed E-state index contributed by atoms with van der Waals surface area (Å²) in [4.78, 5) is 12.1. The number of hydrogen-bond acceptors (Lipinski definition) is 4. The van der Waals surface area contributed by atoms with E-state index in [9.17, 15) is 9.90 Å². The molecule has 1 amide bonds. The number of nitrogens with one attached hydrogen (secondary N) is 1. The standard InChI is InChI=1S/C16H24N2O2S/c1-21-16(8-2-3-9-16)11-18-15(20)14(17)10-12-4-6-13(19)7-5-12/h4-7,14,19H,2-3,8-11,17H2,1H3,(H,18,20)/t14-/m0/s1. The van der Waals surface area contributed by atoms with Crippen molar-refractivity contribution in [2.24, 2.45) is 5.73 Å². The third-order valence-corrected chi connectivity index (χ3v) is 5.68. The molecule has 0 aromatic heterocycles. The number of phenols is 1. The molecule has 1 aliphatic rings. The number of rotatable bonds is 6. The van der Waals surface area contributed by atoms with Gasteiger partial charge in [-0.15, -0.1) is 0 Å². The highest BCUT2D eigenvalue weighted by Gasteiger charge is 2.33. The lowest BCUT2D eigenvalue weighted by molar-refractivity contribution is -0.122. The lowest BCUT2D eigenvalue weighted by Crippen LogP contribution is -2.46. The average Bonchev–Trinajstić information content (AvgIpc) is 2.96. The van der Waals surface area contributed by atoms with E-state index >= 15 is 0 Å². The average molecular weight is 308 g/mol. The third kappa shape index (κ3) is 4.38. The van der Waals surface area contributed by atoms with E-state index in [1.807, 2.05) is 11.8 Å². The molecule has 0 aliphatic heterocycles. The number of nitrogens with two attached hydrogens (primary N) is 1. The minimum absolute atomic E-state index is 0.0941. The summed E-state index contributed by atoms with van der Waals surface area (Å²) in [5.41, 5.74) is 6.93. The summed E-state index contributed by atoms with van der Waals surface area (Å²) < 4.78 is 0.202. The Hall–Kier alpha value is -1.20. The molecule has 5 heteroatoms. The first kappa shape index (κ1) is 16.2. The van der Waals surface area contributed by atoms with Gasteiger partial charge >= 0.3 is 0 Å². The van der Waals surface area contributed by atoms with Crippen LogP contribution in [0.15, 0.2) is 24.3 Å². The van der Waals surface area contributed by atoms with Gasteiger partial charge in [-0.25, -0.2) is 0 Å². The van der Waals surface area contributed by atoms with Crippen molar-refractivity contribution in [3.63, 3.8) is 0 Å². The van der Waals surface area contributed by atoms with Gasteiger partial charge in [-0.05, 0) is 43.2 Å². The molecule has 1 aromatic carbocycles. The van der Waals surface area contributed by atoms with Crippen LogP contribution in [0.3, 0.4) is 0 Å². The molecule has 1 aromatic rings. The Kier molecular flexibility index (Phi) is 5.53. The van der Waals surface area contributed by atoms with Gasteiger partial charge in [0.25, 0.3) is 0 Å². The van der Waals surface area contributed by atoms with Gasteiger partial charge in [0.15, 0.2) is 0 Å². The largest absolute Gasteiger partial charge is 0.508 e. The molecule has 0 spiro atoms. The van der Waals surface area contributed by atoms with Crippen molar-refractivity contribution in [1.82, 2.24) is 5.32 Å². The maximum absolute atomic E-state index is 12.1. The molecule has 1 fully saturated rings. The molecule has 1 saturated carbocycles. The van der Waals surface area contributed by atoms with Crippen molar-refractivity contribution in [3.05, 3.63) is 29.8 Å². The summed E-state index contributed by atoms with van der Waals surface area (Å²) in [6, 6.07) is 6.27. The van der Waals surface area contributed by atoms with E-state index in [0.717, 1.165) is 5.56 Å². The topological polar surface area (TPSA) is 75.4 Å². The van der Waals surface area contributed by atoms with Crippen LogP contribution in [0.2, 0.25) is 0 Å². The fraction of sp³-hybridized carbons (Fsp3) is 0.562. The molecular weight excluding hydrogens is 284 g/mol. The summed E-state index contributed by atoms with van der Waals surface area (Å²) >= 11 is 1.86. The first-order valence-electron chi connectivity index (χ1n) is 7.41. The van der Waals surface area contributed by atoms with Gasteiger partial charge in [0.1, 0.15) is 5.75 Å². The highest BCUT2D eigenvalue weighted by Crippen LogP contribution is 2.39. The number of thioether (sulfide) groups is 1. The lowest BCUT2D eigenvalue weighted by Gasteiger charge is -2.27. The number of carbonyl (C=O) groups is 1. The van der Waals surface area contributed by atoms with Crippen LogP contribution < -0.4 is 11.1 Å². The van der Waals surface area contributed by atoms with Gasteiger partial charge in [-0.1, -0.05) is 25.0 Å². The van der Waals surface area contributed by atoms with E-state index in [0.29, 0.717) is 13.0 Å². The molecule has 2 rings (SSSR count). The Balaban J connectivity index is 1.83. The van der Waals surface area contributed by atoms with Crippen molar-refractivity contribution >= 4 is 17.7 Å². The number of hydrogen-bond donors (Lipinski definition) is 3. The van der Waals surface area contributed by atoms with Crippen LogP contribution in [-0.2, 0) is 11.2 Å². The maximum Gasteiger partial charge on any atom is 0.237 e. The normalized spacial score (nSPS) is 18.4. The van der Waals surface area contributed by atoms with E-state index in [2.05, 4.69) is 11.6 Å². The monoisotopic (exact) mass is 308 g/mol. The number of benzene rings is 1. The first-order chi connectivity index (χ1) is 10.0.